The van der Waals surface area contributed by atoms with Crippen LogP contribution in [0.5, 0.6) is 0 Å². The van der Waals surface area contributed by atoms with Gasteiger partial charge in [0.2, 0.25) is 4.38 Å². The molecule has 0 aromatic carbocycles. The van der Waals surface area contributed by atoms with Crippen LogP contribution in [0.3, 0.4) is 0 Å². The standard InChI is InChI=1S/C33H60OS2/c35-32(36)34-33(30-24-18-12-6-2-7-13-19-25-30,31-26-20-14-8-3-9-15-21-27-31)28-29-22-16-10-4-1-5-11-17-23-29/h29-31H,1-28H2,(H,35,36). The summed E-state index contributed by atoms with van der Waals surface area (Å²) >= 11 is 10.4. The molecule has 3 heteroatoms. The molecule has 3 aliphatic rings. The lowest BCUT2D eigenvalue weighted by atomic mass is 9.64. The number of hydrogen-bond acceptors (Lipinski definition) is 2. The van der Waals surface area contributed by atoms with E-state index in [1.54, 1.807) is 0 Å². The smallest absolute Gasteiger partial charge is 0.217 e. The van der Waals surface area contributed by atoms with Gasteiger partial charge in [-0.25, -0.2) is 0 Å². The van der Waals surface area contributed by atoms with Crippen LogP contribution in [0.25, 0.3) is 0 Å². The van der Waals surface area contributed by atoms with E-state index >= 15 is 0 Å². The van der Waals surface area contributed by atoms with E-state index in [0.717, 1.165) is 5.92 Å². The van der Waals surface area contributed by atoms with Gasteiger partial charge in [0.15, 0.2) is 0 Å². The maximum absolute atomic E-state index is 7.08. The molecule has 3 fully saturated rings. The van der Waals surface area contributed by atoms with Gasteiger partial charge in [-0.05, 0) is 62.1 Å². The van der Waals surface area contributed by atoms with E-state index in [1.165, 1.54) is 180 Å². The third-order valence-electron chi connectivity index (χ3n) is 10.2. The third-order valence-corrected chi connectivity index (χ3v) is 10.4. The van der Waals surface area contributed by atoms with E-state index in [0.29, 0.717) is 16.2 Å². The zero-order valence-corrected chi connectivity index (χ0v) is 25.5. The van der Waals surface area contributed by atoms with Crippen molar-refractivity contribution in [2.24, 2.45) is 17.8 Å². The summed E-state index contributed by atoms with van der Waals surface area (Å²) < 4.78 is 7.61. The molecule has 0 spiro atoms. The van der Waals surface area contributed by atoms with Crippen LogP contribution < -0.4 is 0 Å². The molecule has 0 N–H and O–H groups in total. The van der Waals surface area contributed by atoms with Crippen LogP contribution in [0.15, 0.2) is 0 Å². The Kier molecular flexibility index (Phi) is 15.8. The summed E-state index contributed by atoms with van der Waals surface area (Å²) in [7, 11) is 0. The summed E-state index contributed by atoms with van der Waals surface area (Å²) in [6.07, 6.45) is 39.3. The molecule has 0 bridgehead atoms. The zero-order chi connectivity index (χ0) is 25.3. The molecule has 0 aromatic rings. The van der Waals surface area contributed by atoms with Crippen molar-refractivity contribution in [3.05, 3.63) is 0 Å². The van der Waals surface area contributed by atoms with Gasteiger partial charge in [-0.2, -0.15) is 0 Å². The van der Waals surface area contributed by atoms with E-state index in [2.05, 4.69) is 0 Å². The highest BCUT2D eigenvalue weighted by atomic mass is 32.1. The van der Waals surface area contributed by atoms with Crippen LogP contribution in [0, 0.1) is 17.8 Å². The summed E-state index contributed by atoms with van der Waals surface area (Å²) in [5.41, 5.74) is -0.0774. The fourth-order valence-corrected chi connectivity index (χ4v) is 8.51. The van der Waals surface area contributed by atoms with E-state index in [1.807, 2.05) is 0 Å². The van der Waals surface area contributed by atoms with Crippen molar-refractivity contribution in [2.45, 2.75) is 185 Å². The summed E-state index contributed by atoms with van der Waals surface area (Å²) in [4.78, 5) is 0. The molecule has 0 atom stereocenters. The van der Waals surface area contributed by atoms with Crippen molar-refractivity contribution in [2.75, 3.05) is 0 Å². The second-order valence-corrected chi connectivity index (χ2v) is 14.0. The van der Waals surface area contributed by atoms with E-state index < -0.39 is 0 Å². The van der Waals surface area contributed by atoms with Gasteiger partial charge in [0.1, 0.15) is 5.60 Å². The fourth-order valence-electron chi connectivity index (χ4n) is 8.18. The summed E-state index contributed by atoms with van der Waals surface area (Å²) in [6, 6.07) is 0. The van der Waals surface area contributed by atoms with Crippen LogP contribution in [0.1, 0.15) is 180 Å². The summed E-state index contributed by atoms with van der Waals surface area (Å²) in [6.45, 7) is 0. The number of thiocarbonyl (C=S) groups is 1. The highest BCUT2D eigenvalue weighted by molar-refractivity contribution is 8.10. The van der Waals surface area contributed by atoms with Crippen molar-refractivity contribution >= 4 is 29.2 Å². The van der Waals surface area contributed by atoms with Gasteiger partial charge >= 0.3 is 0 Å². The molecule has 36 heavy (non-hydrogen) atoms. The Hall–Kier alpha value is 0.240. The molecule has 0 saturated heterocycles. The topological polar surface area (TPSA) is 9.23 Å². The monoisotopic (exact) mass is 536 g/mol. The zero-order valence-electron chi connectivity index (χ0n) is 23.8. The molecular weight excluding hydrogens is 476 g/mol. The Morgan fingerprint density at radius 2 is 0.778 bits per heavy atom. The van der Waals surface area contributed by atoms with Gasteiger partial charge in [-0.1, -0.05) is 160 Å². The lowest BCUT2D eigenvalue weighted by molar-refractivity contribution is -0.0850. The molecule has 0 aliphatic heterocycles. The molecule has 210 valence electrons. The molecule has 0 heterocycles. The largest absolute Gasteiger partial charge is 0.472 e. The predicted octanol–water partition coefficient (Wildman–Crippen LogP) is 11.8. The van der Waals surface area contributed by atoms with Crippen molar-refractivity contribution in [1.82, 2.24) is 0 Å². The first-order chi connectivity index (χ1) is 17.7. The van der Waals surface area contributed by atoms with Crippen molar-refractivity contribution in [3.63, 3.8) is 0 Å². The minimum atomic E-state index is -0.0774. The van der Waals surface area contributed by atoms with Gasteiger partial charge in [0.05, 0.1) is 0 Å². The Morgan fingerprint density at radius 1 is 0.500 bits per heavy atom. The Labute approximate surface area is 236 Å². The molecule has 0 unspecified atom stereocenters. The van der Waals surface area contributed by atoms with Gasteiger partial charge < -0.3 is 4.74 Å². The summed E-state index contributed by atoms with van der Waals surface area (Å²) in [5.74, 6) is 2.12. The molecule has 3 saturated carbocycles. The highest BCUT2D eigenvalue weighted by Gasteiger charge is 2.48. The number of thiol groups is 1. The van der Waals surface area contributed by atoms with Gasteiger partial charge in [-0.3, -0.25) is 0 Å². The van der Waals surface area contributed by atoms with E-state index in [9.17, 15) is 0 Å². The first kappa shape index (κ1) is 30.8. The van der Waals surface area contributed by atoms with Crippen LogP contribution in [0.2, 0.25) is 0 Å². The average molecular weight is 537 g/mol. The highest BCUT2D eigenvalue weighted by Crippen LogP contribution is 2.48. The molecule has 3 aliphatic carbocycles. The van der Waals surface area contributed by atoms with Crippen LogP contribution in [-0.4, -0.2) is 9.98 Å². The van der Waals surface area contributed by atoms with Crippen LogP contribution in [-0.2, 0) is 4.74 Å². The third kappa shape index (κ3) is 11.2. The number of ether oxygens (including phenoxy) is 1. The predicted molar refractivity (Wildman–Crippen MR) is 165 cm³/mol. The molecule has 0 aromatic heterocycles. The van der Waals surface area contributed by atoms with Crippen molar-refractivity contribution in [1.29, 1.82) is 0 Å². The first-order valence-electron chi connectivity index (χ1n) is 16.6. The van der Waals surface area contributed by atoms with Crippen molar-refractivity contribution < 1.29 is 4.74 Å². The van der Waals surface area contributed by atoms with Gasteiger partial charge in [0, 0.05) is 0 Å². The molecule has 0 radical (unpaired) electrons. The lowest BCUT2D eigenvalue weighted by Gasteiger charge is -2.49. The van der Waals surface area contributed by atoms with Gasteiger partial charge in [0.25, 0.3) is 0 Å². The SMILES string of the molecule is S=C(S)OC(CC1CCCCCCCCC1)(C1CCCCCCCCC1)C1CCCCCCCCC1. The number of hydrogen-bond donors (Lipinski definition) is 1. The maximum atomic E-state index is 7.08. The molecular formula is C33H60OS2. The second kappa shape index (κ2) is 18.5. The minimum absolute atomic E-state index is 0.0774. The maximum Gasteiger partial charge on any atom is 0.217 e. The quantitative estimate of drug-likeness (QED) is 0.276. The van der Waals surface area contributed by atoms with Gasteiger partial charge in [-0.15, -0.1) is 0 Å². The first-order valence-corrected chi connectivity index (χ1v) is 17.5. The van der Waals surface area contributed by atoms with Crippen LogP contribution in [0.4, 0.5) is 0 Å². The average Bonchev–Trinajstić information content (AvgIpc) is 2.88. The normalized spacial score (nSPS) is 25.0. The molecule has 0 amide bonds. The Bertz CT molecular complexity index is 520. The van der Waals surface area contributed by atoms with Crippen LogP contribution >= 0.6 is 24.8 Å². The Morgan fingerprint density at radius 3 is 1.08 bits per heavy atom. The fraction of sp³-hybridized carbons (Fsp3) is 0.970. The second-order valence-electron chi connectivity index (χ2n) is 12.9. The van der Waals surface area contributed by atoms with E-state index in [4.69, 9.17) is 29.6 Å². The van der Waals surface area contributed by atoms with E-state index in [-0.39, 0.29) is 5.60 Å². The summed E-state index contributed by atoms with van der Waals surface area (Å²) in [5, 5.41) is 0. The molecule has 1 nitrogen and oxygen atoms in total. The number of rotatable bonds is 5. The lowest BCUT2D eigenvalue weighted by Crippen LogP contribution is -2.50. The Balaban J connectivity index is 1.91. The molecule has 3 rings (SSSR count). The minimum Gasteiger partial charge on any atom is -0.472 e. The van der Waals surface area contributed by atoms with Crippen molar-refractivity contribution in [3.8, 4) is 0 Å².